The number of hydrogen-bond donors (Lipinski definition) is 4. The van der Waals surface area contributed by atoms with Gasteiger partial charge in [-0.1, -0.05) is 36.4 Å². The van der Waals surface area contributed by atoms with Crippen molar-refractivity contribution in [1.29, 1.82) is 0 Å². The maximum atomic E-state index is 10.6. The molecule has 0 radical (unpaired) electrons. The molecule has 0 saturated carbocycles. The van der Waals surface area contributed by atoms with Crippen molar-refractivity contribution >= 4 is 0 Å². The summed E-state index contributed by atoms with van der Waals surface area (Å²) in [5.74, 6) is 0.0585. The first-order valence-electron chi connectivity index (χ1n) is 8.23. The quantitative estimate of drug-likeness (QED) is 0.657. The molecule has 4 N–H and O–H groups in total. The highest BCUT2D eigenvalue weighted by molar-refractivity contribution is 5.47. The van der Waals surface area contributed by atoms with Crippen LogP contribution >= 0.6 is 0 Å². The first-order valence-corrected chi connectivity index (χ1v) is 8.23. The molecule has 0 heterocycles. The third-order valence-corrected chi connectivity index (χ3v) is 4.01. The average molecular weight is 329 g/mol. The maximum absolute atomic E-state index is 10.6. The van der Waals surface area contributed by atoms with Gasteiger partial charge in [-0.3, -0.25) is 0 Å². The number of aliphatic hydroxyl groups excluding tert-OH is 2. The van der Waals surface area contributed by atoms with Crippen LogP contribution in [0.15, 0.2) is 42.5 Å². The van der Waals surface area contributed by atoms with Gasteiger partial charge in [0.05, 0.1) is 12.7 Å². The second-order valence-corrected chi connectivity index (χ2v) is 7.10. The molecule has 130 valence electrons. The topological polar surface area (TPSA) is 72.7 Å². The summed E-state index contributed by atoms with van der Waals surface area (Å²) in [5.41, 5.74) is 2.96. The van der Waals surface area contributed by atoms with E-state index in [0.717, 1.165) is 16.7 Å². The summed E-state index contributed by atoms with van der Waals surface area (Å²) < 4.78 is 0. The molecule has 2 aromatic rings. The monoisotopic (exact) mass is 329 g/mol. The molecule has 4 heteroatoms. The van der Waals surface area contributed by atoms with Crippen LogP contribution in [0.25, 0.3) is 0 Å². The zero-order valence-corrected chi connectivity index (χ0v) is 14.6. The summed E-state index contributed by atoms with van der Waals surface area (Å²) in [6.07, 6.45) is -0.165. The van der Waals surface area contributed by atoms with Gasteiger partial charge in [0.2, 0.25) is 0 Å². The van der Waals surface area contributed by atoms with Gasteiger partial charge in [0.1, 0.15) is 5.75 Å². The first kappa shape index (κ1) is 18.5. The molecule has 0 spiro atoms. The van der Waals surface area contributed by atoms with Crippen molar-refractivity contribution in [3.63, 3.8) is 0 Å². The van der Waals surface area contributed by atoms with Crippen LogP contribution < -0.4 is 5.32 Å². The number of rotatable bonds is 6. The Labute approximate surface area is 143 Å². The molecule has 0 fully saturated rings. The van der Waals surface area contributed by atoms with Crippen molar-refractivity contribution in [3.8, 4) is 5.75 Å². The lowest BCUT2D eigenvalue weighted by Gasteiger charge is -2.25. The summed E-state index contributed by atoms with van der Waals surface area (Å²) in [4.78, 5) is 0. The van der Waals surface area contributed by atoms with Crippen LogP contribution in [-0.2, 0) is 13.0 Å². The molecule has 1 atom stereocenters. The smallest absolute Gasteiger partial charge is 0.121 e. The van der Waals surface area contributed by atoms with Gasteiger partial charge >= 0.3 is 0 Å². The SMILES string of the molecule is CC(C)(C)NC[C@H](O)c1ccc(O)c(CO)c1Cc1ccccc1. The van der Waals surface area contributed by atoms with Crippen LogP contribution in [-0.4, -0.2) is 27.4 Å². The third-order valence-electron chi connectivity index (χ3n) is 4.01. The molecule has 0 aliphatic rings. The van der Waals surface area contributed by atoms with Crippen molar-refractivity contribution in [2.75, 3.05) is 6.54 Å². The molecule has 4 nitrogen and oxygen atoms in total. The zero-order chi connectivity index (χ0) is 17.7. The van der Waals surface area contributed by atoms with Crippen molar-refractivity contribution in [2.45, 2.75) is 45.4 Å². The fraction of sp³-hybridized carbons (Fsp3) is 0.400. The van der Waals surface area contributed by atoms with Gasteiger partial charge in [-0.25, -0.2) is 0 Å². The summed E-state index contributed by atoms with van der Waals surface area (Å²) in [5, 5.41) is 33.7. The molecular weight excluding hydrogens is 302 g/mol. The lowest BCUT2D eigenvalue weighted by molar-refractivity contribution is 0.162. The summed E-state index contributed by atoms with van der Waals surface area (Å²) in [7, 11) is 0. The average Bonchev–Trinajstić information content (AvgIpc) is 2.53. The van der Waals surface area contributed by atoms with Gasteiger partial charge in [0.15, 0.2) is 0 Å². The van der Waals surface area contributed by atoms with Crippen molar-refractivity contribution in [1.82, 2.24) is 5.32 Å². The molecule has 0 aliphatic carbocycles. The summed E-state index contributed by atoms with van der Waals surface area (Å²) in [6, 6.07) is 13.1. The molecule has 0 amide bonds. The van der Waals surface area contributed by atoms with Crippen LogP contribution in [0.1, 0.15) is 49.1 Å². The van der Waals surface area contributed by atoms with E-state index < -0.39 is 6.10 Å². The van der Waals surface area contributed by atoms with Gasteiger partial charge in [0, 0.05) is 17.6 Å². The lowest BCUT2D eigenvalue weighted by Crippen LogP contribution is -2.38. The van der Waals surface area contributed by atoms with Gasteiger partial charge in [-0.05, 0) is 49.9 Å². The Bertz CT molecular complexity index is 663. The first-order chi connectivity index (χ1) is 11.3. The second kappa shape index (κ2) is 7.79. The summed E-state index contributed by atoms with van der Waals surface area (Å²) >= 11 is 0. The highest BCUT2D eigenvalue weighted by Crippen LogP contribution is 2.30. The Balaban J connectivity index is 2.36. The molecule has 0 unspecified atom stereocenters. The van der Waals surface area contributed by atoms with E-state index in [9.17, 15) is 15.3 Å². The minimum absolute atomic E-state index is 0.0585. The zero-order valence-electron chi connectivity index (χ0n) is 14.6. The number of benzene rings is 2. The van der Waals surface area contributed by atoms with E-state index in [1.54, 1.807) is 6.07 Å². The van der Waals surface area contributed by atoms with Crippen molar-refractivity contribution in [3.05, 3.63) is 64.7 Å². The maximum Gasteiger partial charge on any atom is 0.121 e. The Morgan fingerprint density at radius 2 is 1.67 bits per heavy atom. The predicted molar refractivity (Wildman–Crippen MR) is 96.0 cm³/mol. The number of aromatic hydroxyl groups is 1. The number of β-amino-alcohol motifs (C(OH)–C–C–N with tert-alkyl or cyclic N) is 1. The molecule has 24 heavy (non-hydrogen) atoms. The molecule has 0 saturated heterocycles. The number of aliphatic hydroxyl groups is 2. The van der Waals surface area contributed by atoms with Crippen LogP contribution in [0.3, 0.4) is 0 Å². The van der Waals surface area contributed by atoms with Crippen molar-refractivity contribution < 1.29 is 15.3 Å². The largest absolute Gasteiger partial charge is 0.508 e. The van der Waals surface area contributed by atoms with Crippen LogP contribution in [0.5, 0.6) is 5.75 Å². The molecule has 2 aromatic carbocycles. The molecule has 0 aliphatic heterocycles. The van der Waals surface area contributed by atoms with E-state index in [1.807, 2.05) is 51.1 Å². The van der Waals surface area contributed by atoms with Crippen LogP contribution in [0.4, 0.5) is 0 Å². The van der Waals surface area contributed by atoms with Gasteiger partial charge in [-0.2, -0.15) is 0 Å². The number of phenols is 1. The van der Waals surface area contributed by atoms with E-state index in [4.69, 9.17) is 0 Å². The Kier molecular flexibility index (Phi) is 5.99. The van der Waals surface area contributed by atoms with E-state index in [-0.39, 0.29) is 17.9 Å². The third kappa shape index (κ3) is 4.81. The Morgan fingerprint density at radius 1 is 1.00 bits per heavy atom. The highest BCUT2D eigenvalue weighted by Gasteiger charge is 2.20. The van der Waals surface area contributed by atoms with E-state index in [0.29, 0.717) is 18.5 Å². The van der Waals surface area contributed by atoms with E-state index in [1.165, 1.54) is 6.07 Å². The normalized spacial score (nSPS) is 13.0. The highest BCUT2D eigenvalue weighted by atomic mass is 16.3. The summed E-state index contributed by atoms with van der Waals surface area (Å²) in [6.45, 7) is 6.27. The minimum atomic E-state index is -0.714. The van der Waals surface area contributed by atoms with E-state index in [2.05, 4.69) is 5.32 Å². The second-order valence-electron chi connectivity index (χ2n) is 7.10. The lowest BCUT2D eigenvalue weighted by atomic mass is 9.91. The van der Waals surface area contributed by atoms with Crippen molar-refractivity contribution in [2.24, 2.45) is 0 Å². The number of nitrogens with one attached hydrogen (secondary N) is 1. The van der Waals surface area contributed by atoms with Gasteiger partial charge < -0.3 is 20.6 Å². The molecule has 0 bridgehead atoms. The Morgan fingerprint density at radius 3 is 2.25 bits per heavy atom. The van der Waals surface area contributed by atoms with Crippen LogP contribution in [0, 0.1) is 0 Å². The standard InChI is InChI=1S/C20H27NO3/c1-20(2,3)21-12-19(24)15-9-10-18(23)17(13-22)16(15)11-14-7-5-4-6-8-14/h4-10,19,21-24H,11-13H2,1-3H3/t19-/m0/s1. The molecular formula is C20H27NO3. The van der Waals surface area contributed by atoms with E-state index >= 15 is 0 Å². The number of hydrogen-bond acceptors (Lipinski definition) is 4. The predicted octanol–water partition coefficient (Wildman–Crippen LogP) is 2.90. The molecule has 0 aromatic heterocycles. The Hall–Kier alpha value is -1.88. The fourth-order valence-corrected chi connectivity index (χ4v) is 2.71. The molecule has 2 rings (SSSR count). The van der Waals surface area contributed by atoms with Gasteiger partial charge in [-0.15, -0.1) is 0 Å². The van der Waals surface area contributed by atoms with Crippen LogP contribution in [0.2, 0.25) is 0 Å². The van der Waals surface area contributed by atoms with Gasteiger partial charge in [0.25, 0.3) is 0 Å². The fourth-order valence-electron chi connectivity index (χ4n) is 2.71. The minimum Gasteiger partial charge on any atom is -0.508 e.